The first-order valence-electron chi connectivity index (χ1n) is 10.9. The normalized spacial score (nSPS) is 15.5. The van der Waals surface area contributed by atoms with Gasteiger partial charge in [-0.25, -0.2) is 0 Å². The van der Waals surface area contributed by atoms with Crippen LogP contribution in [0.4, 0.5) is 5.69 Å². The molecule has 33 heavy (non-hydrogen) atoms. The third-order valence-electron chi connectivity index (χ3n) is 5.98. The van der Waals surface area contributed by atoms with Crippen LogP contribution in [0.5, 0.6) is 11.5 Å². The smallest absolute Gasteiger partial charge is 0.291 e. The molecule has 2 aliphatic heterocycles. The molecule has 0 unspecified atom stereocenters. The maximum Gasteiger partial charge on any atom is 0.291 e. The molecule has 8 nitrogen and oxygen atoms in total. The molecule has 0 spiro atoms. The van der Waals surface area contributed by atoms with Gasteiger partial charge in [0.2, 0.25) is 6.79 Å². The lowest BCUT2D eigenvalue weighted by Gasteiger charge is -2.35. The van der Waals surface area contributed by atoms with Crippen molar-refractivity contribution in [1.82, 2.24) is 9.80 Å². The molecule has 0 aliphatic carbocycles. The zero-order valence-corrected chi connectivity index (χ0v) is 18.4. The van der Waals surface area contributed by atoms with Crippen LogP contribution in [0.2, 0.25) is 0 Å². The minimum absolute atomic E-state index is 0.0359. The maximum atomic E-state index is 13.1. The van der Waals surface area contributed by atoms with Gasteiger partial charge in [0.25, 0.3) is 11.8 Å². The molecular weight excluding hydrogens is 422 g/mol. The van der Waals surface area contributed by atoms with E-state index in [1.807, 2.05) is 30.0 Å². The molecule has 1 N–H and O–H groups in total. The Labute approximate surface area is 191 Å². The van der Waals surface area contributed by atoms with Gasteiger partial charge < -0.3 is 24.1 Å². The summed E-state index contributed by atoms with van der Waals surface area (Å²) >= 11 is 0. The fraction of sp³-hybridized carbons (Fsp3) is 0.280. The first-order valence-corrected chi connectivity index (χ1v) is 10.9. The lowest BCUT2D eigenvalue weighted by Crippen LogP contribution is -2.48. The van der Waals surface area contributed by atoms with Crippen LogP contribution in [-0.4, -0.2) is 54.6 Å². The molecule has 0 bridgehead atoms. The van der Waals surface area contributed by atoms with Gasteiger partial charge in [-0.1, -0.05) is 12.1 Å². The number of benzene rings is 2. The van der Waals surface area contributed by atoms with E-state index in [0.29, 0.717) is 24.3 Å². The van der Waals surface area contributed by atoms with Gasteiger partial charge in [-0.05, 0) is 54.4 Å². The van der Waals surface area contributed by atoms with Crippen LogP contribution in [0.3, 0.4) is 0 Å². The van der Waals surface area contributed by atoms with Gasteiger partial charge in [0.05, 0.1) is 6.26 Å². The van der Waals surface area contributed by atoms with Gasteiger partial charge in [0.1, 0.15) is 0 Å². The first-order chi connectivity index (χ1) is 16.1. The lowest BCUT2D eigenvalue weighted by atomic mass is 10.1. The molecule has 0 saturated carbocycles. The number of ether oxygens (including phenoxy) is 2. The number of hydrogen-bond acceptors (Lipinski definition) is 6. The molecule has 170 valence electrons. The average Bonchev–Trinajstić information content (AvgIpc) is 3.53. The first kappa shape index (κ1) is 21.1. The van der Waals surface area contributed by atoms with Gasteiger partial charge >= 0.3 is 0 Å². The van der Waals surface area contributed by atoms with E-state index in [0.717, 1.165) is 42.3 Å². The minimum Gasteiger partial charge on any atom is -0.459 e. The Morgan fingerprint density at radius 2 is 1.79 bits per heavy atom. The molecule has 0 radical (unpaired) electrons. The number of aryl methyl sites for hydroxylation is 1. The molecule has 2 aromatic carbocycles. The van der Waals surface area contributed by atoms with Gasteiger partial charge in [-0.15, -0.1) is 0 Å². The zero-order valence-electron chi connectivity index (χ0n) is 18.4. The van der Waals surface area contributed by atoms with E-state index in [1.165, 1.54) is 6.26 Å². The van der Waals surface area contributed by atoms with Crippen molar-refractivity contribution in [3.63, 3.8) is 0 Å². The molecule has 2 amide bonds. The Balaban J connectivity index is 1.19. The highest BCUT2D eigenvalue weighted by Crippen LogP contribution is 2.33. The van der Waals surface area contributed by atoms with Crippen molar-refractivity contribution < 1.29 is 23.5 Å². The molecule has 5 rings (SSSR count). The number of rotatable bonds is 5. The fourth-order valence-corrected chi connectivity index (χ4v) is 4.07. The van der Waals surface area contributed by atoms with Crippen LogP contribution in [-0.2, 0) is 6.54 Å². The van der Waals surface area contributed by atoms with Crippen molar-refractivity contribution in [3.05, 3.63) is 77.2 Å². The Morgan fingerprint density at radius 1 is 0.970 bits per heavy atom. The molecule has 1 fully saturated rings. The second kappa shape index (κ2) is 8.99. The second-order valence-corrected chi connectivity index (χ2v) is 8.22. The molecular formula is C25H25N3O5. The summed E-state index contributed by atoms with van der Waals surface area (Å²) in [5.74, 6) is 1.42. The number of nitrogens with zero attached hydrogens (tertiary/aromatic N) is 2. The molecule has 1 aromatic heterocycles. The van der Waals surface area contributed by atoms with Gasteiger partial charge in [0, 0.05) is 44.0 Å². The predicted molar refractivity (Wildman–Crippen MR) is 122 cm³/mol. The molecule has 2 aliphatic rings. The van der Waals surface area contributed by atoms with E-state index in [2.05, 4.69) is 16.3 Å². The number of furan rings is 1. The van der Waals surface area contributed by atoms with E-state index in [1.54, 1.807) is 24.3 Å². The summed E-state index contributed by atoms with van der Waals surface area (Å²) in [4.78, 5) is 29.6. The molecule has 8 heteroatoms. The maximum absolute atomic E-state index is 13.1. The largest absolute Gasteiger partial charge is 0.459 e. The summed E-state index contributed by atoms with van der Waals surface area (Å²) in [6.07, 6.45) is 1.45. The second-order valence-electron chi connectivity index (χ2n) is 8.22. The summed E-state index contributed by atoms with van der Waals surface area (Å²) in [6.45, 7) is 5.82. The summed E-state index contributed by atoms with van der Waals surface area (Å²) in [5.41, 5.74) is 3.19. The number of piperazine rings is 1. The highest BCUT2D eigenvalue weighted by atomic mass is 16.7. The van der Waals surface area contributed by atoms with Crippen molar-refractivity contribution >= 4 is 17.5 Å². The van der Waals surface area contributed by atoms with Crippen molar-refractivity contribution in [1.29, 1.82) is 0 Å². The van der Waals surface area contributed by atoms with E-state index in [-0.39, 0.29) is 24.4 Å². The van der Waals surface area contributed by atoms with E-state index in [4.69, 9.17) is 13.9 Å². The third-order valence-corrected chi connectivity index (χ3v) is 5.98. The quantitative estimate of drug-likeness (QED) is 0.644. The van der Waals surface area contributed by atoms with E-state index >= 15 is 0 Å². The van der Waals surface area contributed by atoms with Crippen LogP contribution >= 0.6 is 0 Å². The lowest BCUT2D eigenvalue weighted by molar-refractivity contribution is 0.0628. The van der Waals surface area contributed by atoms with Crippen molar-refractivity contribution in [2.45, 2.75) is 13.5 Å². The third kappa shape index (κ3) is 4.56. The highest BCUT2D eigenvalue weighted by molar-refractivity contribution is 6.04. The Morgan fingerprint density at radius 3 is 2.58 bits per heavy atom. The monoisotopic (exact) mass is 447 g/mol. The summed E-state index contributed by atoms with van der Waals surface area (Å²) in [7, 11) is 0. The van der Waals surface area contributed by atoms with E-state index < -0.39 is 0 Å². The summed E-state index contributed by atoms with van der Waals surface area (Å²) in [6, 6.07) is 14.7. The number of amides is 2. The molecule has 3 aromatic rings. The highest BCUT2D eigenvalue weighted by Gasteiger charge is 2.23. The Bertz CT molecular complexity index is 1170. The molecule has 0 atom stereocenters. The van der Waals surface area contributed by atoms with Crippen molar-refractivity contribution in [3.8, 4) is 11.5 Å². The fourth-order valence-electron chi connectivity index (χ4n) is 4.07. The van der Waals surface area contributed by atoms with Crippen LogP contribution in [0, 0.1) is 6.92 Å². The summed E-state index contributed by atoms with van der Waals surface area (Å²) < 4.78 is 16.0. The number of nitrogens with one attached hydrogen (secondary N) is 1. The van der Waals surface area contributed by atoms with Gasteiger partial charge in [-0.2, -0.15) is 0 Å². The number of carbonyl (C=O) groups excluding carboxylic acids is 2. The SMILES string of the molecule is Cc1ccc(C(=O)N2CCN(Cc3ccc4c(c3)OCO4)CC2)cc1NC(=O)c1ccco1. The number of hydrogen-bond donors (Lipinski definition) is 1. The molecule has 1 saturated heterocycles. The topological polar surface area (TPSA) is 84.3 Å². The summed E-state index contributed by atoms with van der Waals surface area (Å²) in [5, 5.41) is 2.83. The standard InChI is InChI=1S/C25H25N3O5/c1-17-4-6-19(14-20(17)26-24(29)22-3-2-12-31-22)25(30)28-10-8-27(9-11-28)15-18-5-7-21-23(13-18)33-16-32-21/h2-7,12-14H,8-11,15-16H2,1H3,(H,26,29). The number of carbonyl (C=O) groups is 2. The van der Waals surface area contributed by atoms with Crippen LogP contribution < -0.4 is 14.8 Å². The predicted octanol–water partition coefficient (Wildman–Crippen LogP) is 3.53. The van der Waals surface area contributed by atoms with E-state index in [9.17, 15) is 9.59 Å². The van der Waals surface area contributed by atoms with Crippen molar-refractivity contribution in [2.24, 2.45) is 0 Å². The molecule has 3 heterocycles. The van der Waals surface area contributed by atoms with Crippen molar-refractivity contribution in [2.75, 3.05) is 38.3 Å². The van der Waals surface area contributed by atoms with Gasteiger partial charge in [0.15, 0.2) is 17.3 Å². The van der Waals surface area contributed by atoms with Gasteiger partial charge in [-0.3, -0.25) is 14.5 Å². The minimum atomic E-state index is -0.343. The Kier molecular flexibility index (Phi) is 5.75. The zero-order chi connectivity index (χ0) is 22.8. The average molecular weight is 447 g/mol. The van der Waals surface area contributed by atoms with Crippen LogP contribution in [0.15, 0.2) is 59.2 Å². The Hall–Kier alpha value is -3.78. The van der Waals surface area contributed by atoms with Crippen LogP contribution in [0.25, 0.3) is 0 Å². The number of fused-ring (bicyclic) bond motifs is 1. The number of anilines is 1. The van der Waals surface area contributed by atoms with Crippen LogP contribution in [0.1, 0.15) is 32.0 Å².